The van der Waals surface area contributed by atoms with Crippen molar-refractivity contribution in [2.24, 2.45) is 0 Å². The molecule has 1 N–H and O–H groups in total. The molecule has 1 atom stereocenters. The summed E-state index contributed by atoms with van der Waals surface area (Å²) in [5.41, 5.74) is 3.13. The highest BCUT2D eigenvalue weighted by molar-refractivity contribution is 5.83. The van der Waals surface area contributed by atoms with Gasteiger partial charge in [-0.3, -0.25) is 19.4 Å². The molecule has 1 unspecified atom stereocenters. The van der Waals surface area contributed by atoms with E-state index in [-0.39, 0.29) is 11.9 Å². The second kappa shape index (κ2) is 9.45. The Morgan fingerprint density at radius 2 is 1.90 bits per heavy atom. The van der Waals surface area contributed by atoms with Gasteiger partial charge in [0.15, 0.2) is 0 Å². The van der Waals surface area contributed by atoms with Crippen molar-refractivity contribution in [1.29, 1.82) is 0 Å². The smallest absolute Gasteiger partial charge is 0.242 e. The molecule has 0 saturated carbocycles. The van der Waals surface area contributed by atoms with Gasteiger partial charge in [-0.15, -0.1) is 0 Å². The lowest BCUT2D eigenvalue weighted by Crippen LogP contribution is -2.45. The normalized spacial score (nSPS) is 15.7. The van der Waals surface area contributed by atoms with E-state index in [0.717, 1.165) is 29.8 Å². The van der Waals surface area contributed by atoms with Crippen LogP contribution in [0.1, 0.15) is 22.7 Å². The summed E-state index contributed by atoms with van der Waals surface area (Å²) in [7, 11) is 0. The van der Waals surface area contributed by atoms with E-state index in [9.17, 15) is 4.79 Å². The van der Waals surface area contributed by atoms with Crippen molar-refractivity contribution in [1.82, 2.24) is 25.0 Å². The van der Waals surface area contributed by atoms with Gasteiger partial charge in [-0.05, 0) is 28.8 Å². The maximum atomic E-state index is 13.2. The lowest BCUT2D eigenvalue weighted by Gasteiger charge is -2.33. The van der Waals surface area contributed by atoms with Crippen LogP contribution in [0.3, 0.4) is 0 Å². The van der Waals surface area contributed by atoms with Crippen LogP contribution in [-0.2, 0) is 22.6 Å². The van der Waals surface area contributed by atoms with E-state index in [0.29, 0.717) is 26.3 Å². The molecule has 3 aromatic rings. The Labute approximate surface area is 170 Å². The molecule has 7 heteroatoms. The van der Waals surface area contributed by atoms with Crippen LogP contribution in [0.15, 0.2) is 67.3 Å². The van der Waals surface area contributed by atoms with Crippen molar-refractivity contribution in [3.8, 4) is 0 Å². The number of morpholine rings is 1. The van der Waals surface area contributed by atoms with E-state index in [1.807, 2.05) is 47.3 Å². The number of nitrogens with zero attached hydrogens (tertiary/aromatic N) is 4. The lowest BCUT2D eigenvalue weighted by molar-refractivity contribution is -0.128. The number of hydrogen-bond acceptors (Lipinski definition) is 5. The summed E-state index contributed by atoms with van der Waals surface area (Å²) in [5, 5.41) is 7.42. The van der Waals surface area contributed by atoms with E-state index in [4.69, 9.17) is 4.74 Å². The standard InChI is InChI=1S/C22H25N5O2/c28-22(21(19-7-3-8-23-15-19)26-11-13-29-14-12-26)24-16-18-5-1-2-6-20(18)17-27-10-4-9-25-27/h1-10,15,21H,11-14,16-17H2,(H,24,28). The van der Waals surface area contributed by atoms with Crippen LogP contribution >= 0.6 is 0 Å². The largest absolute Gasteiger partial charge is 0.379 e. The van der Waals surface area contributed by atoms with E-state index in [1.165, 1.54) is 0 Å². The zero-order valence-corrected chi connectivity index (χ0v) is 16.3. The number of hydrogen-bond donors (Lipinski definition) is 1. The average Bonchev–Trinajstić information content (AvgIpc) is 3.28. The van der Waals surface area contributed by atoms with Gasteiger partial charge in [0, 0.05) is 44.4 Å². The van der Waals surface area contributed by atoms with Gasteiger partial charge in [-0.1, -0.05) is 30.3 Å². The third-order valence-electron chi connectivity index (χ3n) is 5.12. The number of nitrogens with one attached hydrogen (secondary N) is 1. The van der Waals surface area contributed by atoms with Crippen molar-refractivity contribution in [2.45, 2.75) is 19.1 Å². The Hall–Kier alpha value is -3.03. The molecule has 1 saturated heterocycles. The van der Waals surface area contributed by atoms with Gasteiger partial charge in [0.1, 0.15) is 6.04 Å². The highest BCUT2D eigenvalue weighted by Gasteiger charge is 2.29. The first-order valence-corrected chi connectivity index (χ1v) is 9.85. The van der Waals surface area contributed by atoms with Crippen LogP contribution in [0.2, 0.25) is 0 Å². The average molecular weight is 391 g/mol. The minimum atomic E-state index is -0.370. The molecule has 4 rings (SSSR count). The number of aromatic nitrogens is 3. The van der Waals surface area contributed by atoms with Gasteiger partial charge in [-0.25, -0.2) is 0 Å². The summed E-state index contributed by atoms with van der Waals surface area (Å²) in [6, 6.07) is 13.5. The number of benzene rings is 1. The molecule has 7 nitrogen and oxygen atoms in total. The lowest BCUT2D eigenvalue weighted by atomic mass is 10.0. The Balaban J connectivity index is 1.48. The van der Waals surface area contributed by atoms with Gasteiger partial charge in [-0.2, -0.15) is 5.10 Å². The maximum Gasteiger partial charge on any atom is 0.242 e. The van der Waals surface area contributed by atoms with Crippen LogP contribution < -0.4 is 5.32 Å². The molecule has 0 spiro atoms. The summed E-state index contributed by atoms with van der Waals surface area (Å²) >= 11 is 0. The quantitative estimate of drug-likeness (QED) is 0.667. The number of ether oxygens (including phenoxy) is 1. The molecule has 1 aliphatic rings. The van der Waals surface area contributed by atoms with Crippen molar-refractivity contribution < 1.29 is 9.53 Å². The van der Waals surface area contributed by atoms with Gasteiger partial charge >= 0.3 is 0 Å². The molecule has 2 aromatic heterocycles. The Morgan fingerprint density at radius 1 is 1.07 bits per heavy atom. The van der Waals surface area contributed by atoms with Crippen LogP contribution in [-0.4, -0.2) is 51.9 Å². The maximum absolute atomic E-state index is 13.2. The van der Waals surface area contributed by atoms with Gasteiger partial charge in [0.25, 0.3) is 0 Å². The minimum absolute atomic E-state index is 0.0196. The molecule has 1 fully saturated rings. The number of pyridine rings is 1. The van der Waals surface area contributed by atoms with E-state index in [2.05, 4.69) is 26.4 Å². The van der Waals surface area contributed by atoms with Crippen molar-refractivity contribution in [3.05, 3.63) is 83.9 Å². The molecular formula is C22H25N5O2. The second-order valence-corrected chi connectivity index (χ2v) is 7.03. The van der Waals surface area contributed by atoms with Crippen LogP contribution in [0.25, 0.3) is 0 Å². The summed E-state index contributed by atoms with van der Waals surface area (Å²) in [4.78, 5) is 19.6. The predicted molar refractivity (Wildman–Crippen MR) is 109 cm³/mol. The second-order valence-electron chi connectivity index (χ2n) is 7.03. The minimum Gasteiger partial charge on any atom is -0.379 e. The van der Waals surface area contributed by atoms with Crippen LogP contribution in [0, 0.1) is 0 Å². The highest BCUT2D eigenvalue weighted by Crippen LogP contribution is 2.22. The third kappa shape index (κ3) is 4.88. The predicted octanol–water partition coefficient (Wildman–Crippen LogP) is 2.02. The number of carbonyl (C=O) groups is 1. The van der Waals surface area contributed by atoms with E-state index in [1.54, 1.807) is 18.6 Å². The van der Waals surface area contributed by atoms with Gasteiger partial charge in [0.05, 0.1) is 19.8 Å². The van der Waals surface area contributed by atoms with Crippen LogP contribution in [0.5, 0.6) is 0 Å². The Kier molecular flexibility index (Phi) is 6.29. The zero-order chi connectivity index (χ0) is 19.9. The SMILES string of the molecule is O=C(NCc1ccccc1Cn1cccn1)C(c1cccnc1)N1CCOCC1. The molecule has 1 amide bonds. The summed E-state index contributed by atoms with van der Waals surface area (Å²) < 4.78 is 7.34. The Bertz CT molecular complexity index is 908. The fourth-order valence-electron chi connectivity index (χ4n) is 3.63. The molecule has 0 radical (unpaired) electrons. The topological polar surface area (TPSA) is 72.3 Å². The fraction of sp³-hybridized carbons (Fsp3) is 0.318. The van der Waals surface area contributed by atoms with Crippen molar-refractivity contribution >= 4 is 5.91 Å². The zero-order valence-electron chi connectivity index (χ0n) is 16.3. The third-order valence-corrected chi connectivity index (χ3v) is 5.12. The number of rotatable bonds is 7. The first-order chi connectivity index (χ1) is 14.3. The first kappa shape index (κ1) is 19.3. The molecule has 1 aliphatic heterocycles. The fourth-order valence-corrected chi connectivity index (χ4v) is 3.63. The molecule has 1 aromatic carbocycles. The molecule has 3 heterocycles. The van der Waals surface area contributed by atoms with Gasteiger partial charge < -0.3 is 10.1 Å². The molecule has 0 bridgehead atoms. The van der Waals surface area contributed by atoms with Crippen molar-refractivity contribution in [2.75, 3.05) is 26.3 Å². The summed E-state index contributed by atoms with van der Waals surface area (Å²) in [5.74, 6) is -0.0196. The van der Waals surface area contributed by atoms with E-state index < -0.39 is 0 Å². The monoisotopic (exact) mass is 391 g/mol. The van der Waals surface area contributed by atoms with Crippen molar-refractivity contribution in [3.63, 3.8) is 0 Å². The van der Waals surface area contributed by atoms with Gasteiger partial charge in [0.2, 0.25) is 5.91 Å². The van der Waals surface area contributed by atoms with E-state index >= 15 is 0 Å². The molecule has 150 valence electrons. The summed E-state index contributed by atoms with van der Waals surface area (Å²) in [6.45, 7) is 3.87. The molecule has 29 heavy (non-hydrogen) atoms. The molecular weight excluding hydrogens is 366 g/mol. The summed E-state index contributed by atoms with van der Waals surface area (Å²) in [6.07, 6.45) is 7.20. The number of amides is 1. The first-order valence-electron chi connectivity index (χ1n) is 9.85. The van der Waals surface area contributed by atoms with Crippen LogP contribution in [0.4, 0.5) is 0 Å². The Morgan fingerprint density at radius 3 is 2.62 bits per heavy atom. The molecule has 0 aliphatic carbocycles. The highest BCUT2D eigenvalue weighted by atomic mass is 16.5. The number of carbonyl (C=O) groups excluding carboxylic acids is 1.